The summed E-state index contributed by atoms with van der Waals surface area (Å²) in [6.45, 7) is 0.249. The molecule has 3 N–H and O–H groups in total. The van der Waals surface area contributed by atoms with Crippen molar-refractivity contribution in [2.75, 3.05) is 36.8 Å². The lowest BCUT2D eigenvalue weighted by molar-refractivity contribution is 0.174. The second kappa shape index (κ2) is 4.76. The maximum atomic E-state index is 6.06. The highest BCUT2D eigenvalue weighted by Crippen LogP contribution is 2.36. The highest BCUT2D eigenvalue weighted by Gasteiger charge is 2.15. The number of aromatic nitrogens is 2. The maximum Gasteiger partial charge on any atom is 0.231 e. The molecule has 20 heavy (non-hydrogen) atoms. The van der Waals surface area contributed by atoms with Crippen LogP contribution in [0.25, 0.3) is 0 Å². The van der Waals surface area contributed by atoms with Crippen molar-refractivity contribution in [3.05, 3.63) is 24.5 Å². The van der Waals surface area contributed by atoms with Gasteiger partial charge in [0.2, 0.25) is 6.79 Å². The average molecular weight is 273 g/mol. The number of nitrogens with zero attached hydrogens (tertiary/aromatic N) is 3. The van der Waals surface area contributed by atoms with Crippen LogP contribution in [0.4, 0.5) is 23.0 Å². The molecule has 2 aromatic rings. The van der Waals surface area contributed by atoms with Crippen LogP contribution < -0.4 is 25.4 Å². The van der Waals surface area contributed by atoms with Crippen molar-refractivity contribution >= 4 is 23.0 Å². The normalized spacial score (nSPS) is 12.3. The fraction of sp³-hybridized carbons (Fsp3) is 0.231. The van der Waals surface area contributed by atoms with Gasteiger partial charge < -0.3 is 25.4 Å². The van der Waals surface area contributed by atoms with E-state index in [2.05, 4.69) is 15.3 Å². The van der Waals surface area contributed by atoms with Crippen LogP contribution in [0, 0.1) is 0 Å². The van der Waals surface area contributed by atoms with Gasteiger partial charge >= 0.3 is 0 Å². The molecule has 1 aliphatic heterocycles. The molecule has 0 fully saturated rings. The summed E-state index contributed by atoms with van der Waals surface area (Å²) in [6.07, 6.45) is 1.47. The third-order valence-electron chi connectivity index (χ3n) is 2.92. The van der Waals surface area contributed by atoms with Gasteiger partial charge in [-0.05, 0) is 12.1 Å². The lowest BCUT2D eigenvalue weighted by atomic mass is 10.2. The van der Waals surface area contributed by atoms with E-state index >= 15 is 0 Å². The van der Waals surface area contributed by atoms with E-state index in [0.29, 0.717) is 23.1 Å². The summed E-state index contributed by atoms with van der Waals surface area (Å²) in [5.74, 6) is 2.67. The number of anilines is 4. The van der Waals surface area contributed by atoms with Crippen molar-refractivity contribution in [1.29, 1.82) is 0 Å². The lowest BCUT2D eigenvalue weighted by Crippen LogP contribution is -2.14. The molecule has 104 valence electrons. The third-order valence-corrected chi connectivity index (χ3v) is 2.92. The highest BCUT2D eigenvalue weighted by atomic mass is 16.7. The van der Waals surface area contributed by atoms with Crippen LogP contribution in [0.5, 0.6) is 11.5 Å². The Morgan fingerprint density at radius 1 is 1.20 bits per heavy atom. The average Bonchev–Trinajstić information content (AvgIpc) is 2.88. The van der Waals surface area contributed by atoms with Crippen molar-refractivity contribution in [3.63, 3.8) is 0 Å². The van der Waals surface area contributed by atoms with Gasteiger partial charge in [-0.2, -0.15) is 0 Å². The Balaban J connectivity index is 1.90. The summed E-state index contributed by atoms with van der Waals surface area (Å²) in [5, 5.41) is 3.16. The van der Waals surface area contributed by atoms with E-state index in [9.17, 15) is 0 Å². The molecule has 0 unspecified atom stereocenters. The molecule has 0 atom stereocenters. The molecule has 0 bridgehead atoms. The topological polar surface area (TPSA) is 85.5 Å². The van der Waals surface area contributed by atoms with Gasteiger partial charge in [-0.1, -0.05) is 0 Å². The fourth-order valence-corrected chi connectivity index (χ4v) is 1.95. The van der Waals surface area contributed by atoms with Gasteiger partial charge in [-0.3, -0.25) is 0 Å². The van der Waals surface area contributed by atoms with Crippen LogP contribution in [-0.2, 0) is 0 Å². The van der Waals surface area contributed by atoms with Gasteiger partial charge in [0.15, 0.2) is 23.1 Å². The standard InChI is InChI=1S/C13H15N5O2/c1-18(2)13-11(14)12(15-6-16-13)17-8-3-4-9-10(5-8)20-7-19-9/h3-6H,7,14H2,1-2H3,(H,15,16,17). The zero-order valence-corrected chi connectivity index (χ0v) is 11.3. The number of ether oxygens (including phenoxy) is 2. The Hall–Kier alpha value is -2.70. The Morgan fingerprint density at radius 3 is 2.80 bits per heavy atom. The van der Waals surface area contributed by atoms with E-state index in [-0.39, 0.29) is 6.79 Å². The molecule has 1 aromatic carbocycles. The van der Waals surface area contributed by atoms with Crippen molar-refractivity contribution in [1.82, 2.24) is 9.97 Å². The number of hydrogen-bond donors (Lipinski definition) is 2. The summed E-state index contributed by atoms with van der Waals surface area (Å²) in [4.78, 5) is 10.1. The van der Waals surface area contributed by atoms with Crippen molar-refractivity contribution in [2.24, 2.45) is 0 Å². The van der Waals surface area contributed by atoms with Crippen molar-refractivity contribution < 1.29 is 9.47 Å². The molecule has 0 spiro atoms. The van der Waals surface area contributed by atoms with E-state index in [1.54, 1.807) is 0 Å². The molecule has 0 radical (unpaired) electrons. The predicted molar refractivity (Wildman–Crippen MR) is 76.6 cm³/mol. The number of benzene rings is 1. The smallest absolute Gasteiger partial charge is 0.231 e. The number of nitrogens with one attached hydrogen (secondary N) is 1. The molecule has 3 rings (SSSR count). The van der Waals surface area contributed by atoms with Crippen molar-refractivity contribution in [3.8, 4) is 11.5 Å². The first-order valence-electron chi connectivity index (χ1n) is 6.09. The number of fused-ring (bicyclic) bond motifs is 1. The van der Waals surface area contributed by atoms with Crippen LogP contribution in [0.2, 0.25) is 0 Å². The Labute approximate surface area is 116 Å². The van der Waals surface area contributed by atoms with E-state index in [0.717, 1.165) is 11.4 Å². The molecule has 0 aliphatic carbocycles. The van der Waals surface area contributed by atoms with Gasteiger partial charge in [0.1, 0.15) is 12.0 Å². The van der Waals surface area contributed by atoms with Gasteiger partial charge in [-0.25, -0.2) is 9.97 Å². The van der Waals surface area contributed by atoms with Crippen LogP contribution in [0.3, 0.4) is 0 Å². The summed E-state index contributed by atoms with van der Waals surface area (Å²) < 4.78 is 10.6. The molecule has 7 nitrogen and oxygen atoms in total. The SMILES string of the molecule is CN(C)c1ncnc(Nc2ccc3c(c2)OCO3)c1N. The van der Waals surface area contributed by atoms with E-state index in [4.69, 9.17) is 15.2 Å². The zero-order chi connectivity index (χ0) is 14.1. The minimum Gasteiger partial charge on any atom is -0.454 e. The molecule has 1 aromatic heterocycles. The molecule has 7 heteroatoms. The molecular weight excluding hydrogens is 258 g/mol. The van der Waals surface area contributed by atoms with Crippen molar-refractivity contribution in [2.45, 2.75) is 0 Å². The van der Waals surface area contributed by atoms with Crippen LogP contribution in [0.1, 0.15) is 0 Å². The lowest BCUT2D eigenvalue weighted by Gasteiger charge is -2.16. The monoisotopic (exact) mass is 273 g/mol. The van der Waals surface area contributed by atoms with Gasteiger partial charge in [0.05, 0.1) is 0 Å². The van der Waals surface area contributed by atoms with Crippen LogP contribution in [-0.4, -0.2) is 30.9 Å². The summed E-state index contributed by atoms with van der Waals surface area (Å²) in [5.41, 5.74) is 7.38. The largest absolute Gasteiger partial charge is 0.454 e. The Kier molecular flexibility index (Phi) is 2.94. The van der Waals surface area contributed by atoms with Gasteiger partial charge in [-0.15, -0.1) is 0 Å². The zero-order valence-electron chi connectivity index (χ0n) is 11.3. The van der Waals surface area contributed by atoms with E-state index in [1.807, 2.05) is 37.2 Å². The summed E-state index contributed by atoms with van der Waals surface area (Å²) in [7, 11) is 3.76. The Bertz CT molecular complexity index is 645. The predicted octanol–water partition coefficient (Wildman–Crippen LogP) is 1.60. The molecule has 0 saturated carbocycles. The number of nitrogens with two attached hydrogens (primary N) is 1. The molecule has 0 amide bonds. The second-order valence-corrected chi connectivity index (χ2v) is 4.55. The van der Waals surface area contributed by atoms with Gasteiger partial charge in [0, 0.05) is 25.8 Å². The number of hydrogen-bond acceptors (Lipinski definition) is 7. The number of rotatable bonds is 3. The van der Waals surface area contributed by atoms with E-state index in [1.165, 1.54) is 6.33 Å². The first-order chi connectivity index (χ1) is 9.65. The molecule has 2 heterocycles. The highest BCUT2D eigenvalue weighted by molar-refractivity contribution is 5.78. The summed E-state index contributed by atoms with van der Waals surface area (Å²) in [6, 6.07) is 5.57. The maximum absolute atomic E-state index is 6.06. The number of nitrogen functional groups attached to an aromatic ring is 1. The van der Waals surface area contributed by atoms with Crippen LogP contribution >= 0.6 is 0 Å². The Morgan fingerprint density at radius 2 is 2.00 bits per heavy atom. The van der Waals surface area contributed by atoms with Gasteiger partial charge in [0.25, 0.3) is 0 Å². The molecular formula is C13H15N5O2. The quantitative estimate of drug-likeness (QED) is 0.878. The third kappa shape index (κ3) is 2.13. The fourth-order valence-electron chi connectivity index (χ4n) is 1.95. The minimum absolute atomic E-state index is 0.249. The first kappa shape index (κ1) is 12.3. The van der Waals surface area contributed by atoms with Crippen LogP contribution in [0.15, 0.2) is 24.5 Å². The molecule has 0 saturated heterocycles. The minimum atomic E-state index is 0.249. The molecule has 1 aliphatic rings. The second-order valence-electron chi connectivity index (χ2n) is 4.55. The summed E-state index contributed by atoms with van der Waals surface area (Å²) >= 11 is 0. The first-order valence-corrected chi connectivity index (χ1v) is 6.09. The van der Waals surface area contributed by atoms with E-state index < -0.39 is 0 Å².